The van der Waals surface area contributed by atoms with E-state index in [1.165, 1.54) is 0 Å². The van der Waals surface area contributed by atoms with Crippen LogP contribution < -0.4 is 4.74 Å². The Balaban J connectivity index is 1.34. The Morgan fingerprint density at radius 3 is 2.76 bits per heavy atom. The number of nitrogens with zero attached hydrogens (tertiary/aromatic N) is 3. The van der Waals surface area contributed by atoms with Crippen molar-refractivity contribution < 1.29 is 9.53 Å². The summed E-state index contributed by atoms with van der Waals surface area (Å²) >= 11 is 6.16. The van der Waals surface area contributed by atoms with Crippen LogP contribution in [0.25, 0.3) is 33.1 Å². The van der Waals surface area contributed by atoms with Crippen molar-refractivity contribution in [3.63, 3.8) is 0 Å². The molecule has 0 spiro atoms. The standard InChI is InChI=1S/C27H23ClN4O2/c1-16-29-22-6-3-18(13-23(22)30-16)17-4-8-26-20(11-17)15-32(9-10-34-26)27(33)25-14-19-12-21(28)5-7-24(19)31(25)2/h3-8,11-14H,9-10,15H2,1-2H3,(H,29,30). The lowest BCUT2D eigenvalue weighted by molar-refractivity contribution is 0.0724. The zero-order valence-electron chi connectivity index (χ0n) is 18.9. The van der Waals surface area contributed by atoms with Crippen molar-refractivity contribution in [2.45, 2.75) is 13.5 Å². The second-order valence-electron chi connectivity index (χ2n) is 8.74. The van der Waals surface area contributed by atoms with Crippen LogP contribution in [0.4, 0.5) is 0 Å². The third-order valence-electron chi connectivity index (χ3n) is 6.49. The van der Waals surface area contributed by atoms with Crippen molar-refractivity contribution in [3.8, 4) is 16.9 Å². The van der Waals surface area contributed by atoms with E-state index < -0.39 is 0 Å². The van der Waals surface area contributed by atoms with Gasteiger partial charge in [0.05, 0.1) is 17.6 Å². The van der Waals surface area contributed by atoms with Gasteiger partial charge in [0, 0.05) is 35.1 Å². The van der Waals surface area contributed by atoms with Crippen molar-refractivity contribution in [3.05, 3.63) is 82.8 Å². The lowest BCUT2D eigenvalue weighted by atomic mass is 10.0. The third-order valence-corrected chi connectivity index (χ3v) is 6.72. The Bertz CT molecular complexity index is 1580. The highest BCUT2D eigenvalue weighted by Crippen LogP contribution is 2.31. The number of aromatic nitrogens is 3. The van der Waals surface area contributed by atoms with E-state index in [4.69, 9.17) is 16.3 Å². The lowest BCUT2D eigenvalue weighted by Crippen LogP contribution is -2.33. The summed E-state index contributed by atoms with van der Waals surface area (Å²) in [5.74, 6) is 1.69. The van der Waals surface area contributed by atoms with Crippen LogP contribution in [0.3, 0.4) is 0 Å². The van der Waals surface area contributed by atoms with Crippen LogP contribution in [0, 0.1) is 6.92 Å². The number of ether oxygens (including phenoxy) is 1. The van der Waals surface area contributed by atoms with Gasteiger partial charge in [-0.1, -0.05) is 23.7 Å². The van der Waals surface area contributed by atoms with Gasteiger partial charge in [-0.25, -0.2) is 4.98 Å². The summed E-state index contributed by atoms with van der Waals surface area (Å²) in [4.78, 5) is 23.2. The summed E-state index contributed by atoms with van der Waals surface area (Å²) in [5, 5.41) is 1.61. The zero-order chi connectivity index (χ0) is 23.4. The second kappa shape index (κ2) is 7.92. The van der Waals surface area contributed by atoms with Crippen molar-refractivity contribution in [2.75, 3.05) is 13.2 Å². The summed E-state index contributed by atoms with van der Waals surface area (Å²) in [7, 11) is 1.91. The summed E-state index contributed by atoms with van der Waals surface area (Å²) < 4.78 is 7.93. The molecule has 1 aliphatic rings. The van der Waals surface area contributed by atoms with Gasteiger partial charge in [-0.15, -0.1) is 0 Å². The molecule has 0 unspecified atom stereocenters. The molecule has 1 amide bonds. The van der Waals surface area contributed by atoms with E-state index in [9.17, 15) is 4.79 Å². The van der Waals surface area contributed by atoms with Crippen LogP contribution in [0.5, 0.6) is 5.75 Å². The van der Waals surface area contributed by atoms with E-state index in [2.05, 4.69) is 40.3 Å². The highest BCUT2D eigenvalue weighted by Gasteiger charge is 2.24. The molecule has 2 aromatic heterocycles. The molecule has 0 saturated carbocycles. The fourth-order valence-corrected chi connectivity index (χ4v) is 4.93. The van der Waals surface area contributed by atoms with Gasteiger partial charge in [-0.3, -0.25) is 4.79 Å². The van der Waals surface area contributed by atoms with E-state index in [0.29, 0.717) is 30.4 Å². The molecule has 0 fully saturated rings. The maximum Gasteiger partial charge on any atom is 0.270 e. The first kappa shape index (κ1) is 20.8. The number of H-pyrrole nitrogens is 1. The van der Waals surface area contributed by atoms with E-state index in [-0.39, 0.29) is 5.91 Å². The number of halogens is 1. The molecule has 3 heterocycles. The second-order valence-corrected chi connectivity index (χ2v) is 9.18. The molecule has 0 saturated heterocycles. The Kier molecular flexibility index (Phi) is 4.85. The minimum atomic E-state index is -0.0231. The first-order valence-electron chi connectivity index (χ1n) is 11.2. The highest BCUT2D eigenvalue weighted by atomic mass is 35.5. The number of fused-ring (bicyclic) bond motifs is 3. The van der Waals surface area contributed by atoms with Gasteiger partial charge in [-0.05, 0) is 66.6 Å². The maximum atomic E-state index is 13.5. The molecule has 0 aliphatic carbocycles. The van der Waals surface area contributed by atoms with Gasteiger partial charge in [0.1, 0.15) is 23.9 Å². The molecule has 170 valence electrons. The fraction of sp³-hybridized carbons (Fsp3) is 0.185. The van der Waals surface area contributed by atoms with Crippen LogP contribution in [0.2, 0.25) is 5.02 Å². The van der Waals surface area contributed by atoms with Crippen molar-refractivity contribution in [2.24, 2.45) is 7.05 Å². The minimum absolute atomic E-state index is 0.0231. The highest BCUT2D eigenvalue weighted by molar-refractivity contribution is 6.31. The number of carbonyl (C=O) groups is 1. The van der Waals surface area contributed by atoms with Crippen LogP contribution in [0.1, 0.15) is 21.9 Å². The Morgan fingerprint density at radius 1 is 1.06 bits per heavy atom. The average Bonchev–Trinajstić information content (AvgIpc) is 3.27. The molecule has 5 aromatic rings. The number of aryl methyl sites for hydroxylation is 2. The maximum absolute atomic E-state index is 13.5. The van der Waals surface area contributed by atoms with Crippen LogP contribution in [0.15, 0.2) is 60.7 Å². The number of rotatable bonds is 2. The first-order chi connectivity index (χ1) is 16.5. The number of amides is 1. The van der Waals surface area contributed by atoms with Crippen LogP contribution >= 0.6 is 11.6 Å². The van der Waals surface area contributed by atoms with Gasteiger partial charge < -0.3 is 19.2 Å². The van der Waals surface area contributed by atoms with Crippen molar-refractivity contribution in [1.82, 2.24) is 19.4 Å². The molecular formula is C27H23ClN4O2. The van der Waals surface area contributed by atoms with Crippen molar-refractivity contribution in [1.29, 1.82) is 0 Å². The predicted molar refractivity (Wildman–Crippen MR) is 134 cm³/mol. The van der Waals surface area contributed by atoms with Gasteiger partial charge in [-0.2, -0.15) is 0 Å². The van der Waals surface area contributed by atoms with Crippen LogP contribution in [-0.4, -0.2) is 38.5 Å². The predicted octanol–water partition coefficient (Wildman–Crippen LogP) is 5.72. The molecule has 0 atom stereocenters. The van der Waals surface area contributed by atoms with E-state index in [1.54, 1.807) is 0 Å². The minimum Gasteiger partial charge on any atom is -0.491 e. The Morgan fingerprint density at radius 2 is 1.88 bits per heavy atom. The largest absolute Gasteiger partial charge is 0.491 e. The van der Waals surface area contributed by atoms with Gasteiger partial charge in [0.25, 0.3) is 5.91 Å². The number of carbonyl (C=O) groups excluding carboxylic acids is 1. The molecule has 0 bridgehead atoms. The SMILES string of the molecule is Cc1nc2cc(-c3ccc4c(c3)CN(C(=O)c3cc5cc(Cl)ccc5n3C)CCO4)ccc2[nH]1. The smallest absolute Gasteiger partial charge is 0.270 e. The lowest BCUT2D eigenvalue weighted by Gasteiger charge is -2.20. The number of hydrogen-bond donors (Lipinski definition) is 1. The molecule has 6 nitrogen and oxygen atoms in total. The molecular weight excluding hydrogens is 448 g/mol. The number of aromatic amines is 1. The van der Waals surface area contributed by atoms with Crippen molar-refractivity contribution >= 4 is 39.4 Å². The quantitative estimate of drug-likeness (QED) is 0.359. The first-order valence-corrected chi connectivity index (χ1v) is 11.6. The number of imidazole rings is 1. The summed E-state index contributed by atoms with van der Waals surface area (Å²) in [5.41, 5.74) is 6.71. The molecule has 3 aromatic carbocycles. The zero-order valence-corrected chi connectivity index (χ0v) is 19.7. The summed E-state index contributed by atoms with van der Waals surface area (Å²) in [6.45, 7) is 3.40. The molecule has 1 aliphatic heterocycles. The Hall–Kier alpha value is -3.77. The van der Waals surface area contributed by atoms with E-state index in [0.717, 1.165) is 50.2 Å². The van der Waals surface area contributed by atoms with Crippen LogP contribution in [-0.2, 0) is 13.6 Å². The van der Waals surface area contributed by atoms with E-state index in [1.807, 2.05) is 53.8 Å². The number of benzene rings is 3. The van der Waals surface area contributed by atoms with Gasteiger partial charge in [0.2, 0.25) is 0 Å². The third kappa shape index (κ3) is 3.51. The van der Waals surface area contributed by atoms with E-state index >= 15 is 0 Å². The summed E-state index contributed by atoms with van der Waals surface area (Å²) in [6.07, 6.45) is 0. The molecule has 1 N–H and O–H groups in total. The Labute approximate surface area is 201 Å². The number of hydrogen-bond acceptors (Lipinski definition) is 3. The average molecular weight is 471 g/mol. The van der Waals surface area contributed by atoms with Gasteiger partial charge in [0.15, 0.2) is 0 Å². The summed E-state index contributed by atoms with van der Waals surface area (Å²) in [6, 6.07) is 20.0. The van der Waals surface area contributed by atoms with Gasteiger partial charge >= 0.3 is 0 Å². The normalized spacial score (nSPS) is 13.7. The number of nitrogens with one attached hydrogen (secondary N) is 1. The monoisotopic (exact) mass is 470 g/mol. The molecule has 34 heavy (non-hydrogen) atoms. The molecule has 6 rings (SSSR count). The molecule has 0 radical (unpaired) electrons. The molecule has 7 heteroatoms. The topological polar surface area (TPSA) is 63.1 Å². The fourth-order valence-electron chi connectivity index (χ4n) is 4.75.